The van der Waals surface area contributed by atoms with Crippen molar-refractivity contribution in [1.82, 2.24) is 0 Å². The summed E-state index contributed by atoms with van der Waals surface area (Å²) in [5.41, 5.74) is -0.366. The largest absolute Gasteiger partial charge is 0.469 e. The zero-order chi connectivity index (χ0) is 22.5. The number of esters is 1. The number of carbonyl (C=O) groups is 2. The van der Waals surface area contributed by atoms with Gasteiger partial charge in [0.1, 0.15) is 12.2 Å². The van der Waals surface area contributed by atoms with Crippen LogP contribution in [-0.2, 0) is 30.8 Å². The Morgan fingerprint density at radius 3 is 2.34 bits per heavy atom. The molecule has 0 spiro atoms. The molecule has 0 saturated carbocycles. The third kappa shape index (κ3) is 8.32. The van der Waals surface area contributed by atoms with Gasteiger partial charge in [-0.3, -0.25) is 9.59 Å². The molecule has 0 radical (unpaired) electrons. The predicted molar refractivity (Wildman–Crippen MR) is 121 cm³/mol. The molecule has 29 heavy (non-hydrogen) atoms. The standard InChI is InChI=1S/C22H38O5SSi/c1-15(2)22(25,14-16(23)13-19(24)26-8)11-9-18-17(10-12-28-18)21(6,7)27-29-20(3,4)5/h10,12,15,25H,9,11,13-14,29H2,1-8H3. The second kappa shape index (κ2) is 10.3. The highest BCUT2D eigenvalue weighted by molar-refractivity contribution is 7.10. The third-order valence-electron chi connectivity index (χ3n) is 5.19. The monoisotopic (exact) mass is 442 g/mol. The molecule has 0 bridgehead atoms. The number of thiophene rings is 1. The van der Waals surface area contributed by atoms with Crippen molar-refractivity contribution in [3.63, 3.8) is 0 Å². The zero-order valence-corrected chi connectivity index (χ0v) is 21.5. The van der Waals surface area contributed by atoms with Gasteiger partial charge in [-0.2, -0.15) is 0 Å². The molecule has 7 heteroatoms. The highest BCUT2D eigenvalue weighted by Crippen LogP contribution is 2.36. The summed E-state index contributed by atoms with van der Waals surface area (Å²) in [7, 11) is 0.550. The molecule has 1 unspecified atom stereocenters. The number of hydrogen-bond donors (Lipinski definition) is 1. The lowest BCUT2D eigenvalue weighted by molar-refractivity contribution is -0.144. The van der Waals surface area contributed by atoms with Crippen LogP contribution in [-0.4, -0.2) is 39.3 Å². The van der Waals surface area contributed by atoms with Gasteiger partial charge in [-0.25, -0.2) is 0 Å². The Labute approximate surface area is 182 Å². The quantitative estimate of drug-likeness (QED) is 0.317. The molecule has 0 aliphatic rings. The van der Waals surface area contributed by atoms with Crippen LogP contribution in [0.3, 0.4) is 0 Å². The van der Waals surface area contributed by atoms with Crippen LogP contribution in [0.25, 0.3) is 0 Å². The van der Waals surface area contributed by atoms with Crippen LogP contribution in [0.2, 0.25) is 5.04 Å². The molecule has 1 rings (SSSR count). The number of carbonyl (C=O) groups excluding carboxylic acids is 2. The Kier molecular flexibility index (Phi) is 9.27. The van der Waals surface area contributed by atoms with E-state index < -0.39 is 21.3 Å². The first-order valence-corrected chi connectivity index (χ1v) is 12.4. The Balaban J connectivity index is 2.88. The molecule has 0 aromatic carbocycles. The van der Waals surface area contributed by atoms with Gasteiger partial charge in [0, 0.05) is 11.3 Å². The minimum atomic E-state index is -1.16. The van der Waals surface area contributed by atoms with Crippen molar-refractivity contribution in [2.45, 2.75) is 90.4 Å². The summed E-state index contributed by atoms with van der Waals surface area (Å²) in [6, 6.07) is 2.11. The molecule has 1 N–H and O–H groups in total. The predicted octanol–water partition coefficient (Wildman–Crippen LogP) is 4.14. The van der Waals surface area contributed by atoms with Gasteiger partial charge < -0.3 is 14.3 Å². The van der Waals surface area contributed by atoms with Gasteiger partial charge in [-0.1, -0.05) is 34.6 Å². The van der Waals surface area contributed by atoms with E-state index in [1.54, 1.807) is 11.3 Å². The van der Waals surface area contributed by atoms with Crippen LogP contribution < -0.4 is 0 Å². The molecular formula is C22H38O5SSi. The van der Waals surface area contributed by atoms with E-state index in [2.05, 4.69) is 50.8 Å². The van der Waals surface area contributed by atoms with E-state index in [1.807, 2.05) is 13.8 Å². The van der Waals surface area contributed by atoms with Gasteiger partial charge >= 0.3 is 5.97 Å². The fourth-order valence-electron chi connectivity index (χ4n) is 3.09. The molecule has 166 valence electrons. The van der Waals surface area contributed by atoms with Crippen molar-refractivity contribution < 1.29 is 23.9 Å². The van der Waals surface area contributed by atoms with Crippen LogP contribution in [0.5, 0.6) is 0 Å². The minimum Gasteiger partial charge on any atom is -0.469 e. The third-order valence-corrected chi connectivity index (χ3v) is 7.90. The summed E-state index contributed by atoms with van der Waals surface area (Å²) in [4.78, 5) is 24.8. The lowest BCUT2D eigenvalue weighted by Gasteiger charge is -2.33. The van der Waals surface area contributed by atoms with Crippen molar-refractivity contribution in [3.8, 4) is 0 Å². The van der Waals surface area contributed by atoms with Crippen molar-refractivity contribution in [3.05, 3.63) is 21.9 Å². The van der Waals surface area contributed by atoms with Gasteiger partial charge in [0.25, 0.3) is 0 Å². The van der Waals surface area contributed by atoms with Gasteiger partial charge in [0.15, 0.2) is 9.76 Å². The molecular weight excluding hydrogens is 404 g/mol. The van der Waals surface area contributed by atoms with Crippen LogP contribution in [0, 0.1) is 5.92 Å². The molecule has 0 amide bonds. The molecule has 1 aromatic rings. The number of aryl methyl sites for hydroxylation is 1. The van der Waals surface area contributed by atoms with Crippen LogP contribution in [0.1, 0.15) is 78.2 Å². The van der Waals surface area contributed by atoms with Crippen LogP contribution >= 0.6 is 11.3 Å². The van der Waals surface area contributed by atoms with Crippen LogP contribution in [0.4, 0.5) is 0 Å². The average Bonchev–Trinajstić information content (AvgIpc) is 3.07. The topological polar surface area (TPSA) is 72.8 Å². The molecule has 1 aromatic heterocycles. The molecule has 0 fully saturated rings. The summed E-state index contributed by atoms with van der Waals surface area (Å²) in [6.45, 7) is 14.6. The first-order chi connectivity index (χ1) is 13.2. The summed E-state index contributed by atoms with van der Waals surface area (Å²) in [5, 5.41) is 13.4. The number of aliphatic hydroxyl groups is 1. The second-order valence-corrected chi connectivity index (χ2v) is 13.5. The SMILES string of the molecule is COC(=O)CC(=O)CC(O)(CCc1sccc1C(C)(C)O[SiH2]C(C)(C)C)C(C)C. The van der Waals surface area contributed by atoms with E-state index in [-0.39, 0.29) is 35.2 Å². The summed E-state index contributed by atoms with van der Waals surface area (Å²) < 4.78 is 10.9. The molecule has 5 nitrogen and oxygen atoms in total. The number of ether oxygens (including phenoxy) is 1. The van der Waals surface area contributed by atoms with Gasteiger partial charge in [-0.05, 0) is 54.7 Å². The Morgan fingerprint density at radius 2 is 1.83 bits per heavy atom. The van der Waals surface area contributed by atoms with Crippen molar-refractivity contribution in [2.24, 2.45) is 5.92 Å². The van der Waals surface area contributed by atoms with Gasteiger partial charge in [0.05, 0.1) is 18.3 Å². The van der Waals surface area contributed by atoms with E-state index in [0.29, 0.717) is 12.8 Å². The fraction of sp³-hybridized carbons (Fsp3) is 0.727. The number of methoxy groups -OCH3 is 1. The second-order valence-electron chi connectivity index (χ2n) is 9.84. The summed E-state index contributed by atoms with van der Waals surface area (Å²) >= 11 is 1.66. The maximum Gasteiger partial charge on any atom is 0.313 e. The normalized spacial score (nSPS) is 15.1. The van der Waals surface area contributed by atoms with E-state index >= 15 is 0 Å². The minimum absolute atomic E-state index is 0.0443. The van der Waals surface area contributed by atoms with Crippen molar-refractivity contribution >= 4 is 32.9 Å². The van der Waals surface area contributed by atoms with Gasteiger partial charge in [-0.15, -0.1) is 11.3 Å². The fourth-order valence-corrected chi connectivity index (χ4v) is 5.07. The molecule has 1 heterocycles. The number of hydrogen-bond acceptors (Lipinski definition) is 6. The zero-order valence-electron chi connectivity index (χ0n) is 19.3. The van der Waals surface area contributed by atoms with Crippen LogP contribution in [0.15, 0.2) is 11.4 Å². The average molecular weight is 443 g/mol. The Morgan fingerprint density at radius 1 is 1.21 bits per heavy atom. The molecule has 1 atom stereocenters. The number of rotatable bonds is 11. The molecule has 0 aliphatic carbocycles. The highest BCUT2D eigenvalue weighted by atomic mass is 32.1. The Hall–Kier alpha value is -1.02. The lowest BCUT2D eigenvalue weighted by Crippen LogP contribution is -2.38. The van der Waals surface area contributed by atoms with Crippen molar-refractivity contribution in [1.29, 1.82) is 0 Å². The smallest absolute Gasteiger partial charge is 0.313 e. The summed E-state index contributed by atoms with van der Waals surface area (Å²) in [5.74, 6) is -0.965. The Bertz CT molecular complexity index is 690. The van der Waals surface area contributed by atoms with Crippen molar-refractivity contribution in [2.75, 3.05) is 7.11 Å². The van der Waals surface area contributed by atoms with Gasteiger partial charge in [0.2, 0.25) is 0 Å². The summed E-state index contributed by atoms with van der Waals surface area (Å²) in [6.07, 6.45) is 0.778. The van der Waals surface area contributed by atoms with E-state index in [1.165, 1.54) is 12.0 Å². The van der Waals surface area contributed by atoms with E-state index in [9.17, 15) is 14.7 Å². The lowest BCUT2D eigenvalue weighted by atomic mass is 9.80. The number of Topliss-reactive ketones (excluding diaryl/α,β-unsaturated/α-hetero) is 1. The maximum absolute atomic E-state index is 12.2. The molecule has 0 saturated heterocycles. The maximum atomic E-state index is 12.2. The first-order valence-electron chi connectivity index (χ1n) is 10.2. The number of ketones is 1. The molecule has 0 aliphatic heterocycles. The van der Waals surface area contributed by atoms with E-state index in [0.717, 1.165) is 5.56 Å². The first kappa shape index (κ1) is 26.0. The van der Waals surface area contributed by atoms with E-state index in [4.69, 9.17) is 4.43 Å². The highest BCUT2D eigenvalue weighted by Gasteiger charge is 2.35.